The molecule has 4 heterocycles. The summed E-state index contributed by atoms with van der Waals surface area (Å²) in [6.07, 6.45) is 8.01. The topological polar surface area (TPSA) is 87.7 Å². The van der Waals surface area contributed by atoms with Crippen molar-refractivity contribution in [3.63, 3.8) is 0 Å². The molecule has 1 aliphatic rings. The summed E-state index contributed by atoms with van der Waals surface area (Å²) in [5.41, 5.74) is 3.11. The minimum absolute atomic E-state index is 0.0168. The van der Waals surface area contributed by atoms with E-state index in [1.165, 1.54) is 0 Å². The van der Waals surface area contributed by atoms with Crippen LogP contribution < -0.4 is 0 Å². The summed E-state index contributed by atoms with van der Waals surface area (Å²) in [7, 11) is 0. The number of pyridine rings is 1. The highest BCUT2D eigenvalue weighted by Crippen LogP contribution is 2.31. The van der Waals surface area contributed by atoms with Crippen molar-refractivity contribution in [2.24, 2.45) is 0 Å². The number of amides is 1. The number of piperidine rings is 1. The fourth-order valence-electron chi connectivity index (χ4n) is 3.47. The molecule has 1 fully saturated rings. The van der Waals surface area contributed by atoms with Gasteiger partial charge in [0.15, 0.2) is 11.6 Å². The molecule has 0 bridgehead atoms. The first-order chi connectivity index (χ1) is 13.1. The van der Waals surface area contributed by atoms with Crippen LogP contribution in [-0.4, -0.2) is 42.3 Å². The molecular weight excluding hydrogens is 340 g/mol. The number of nitrogens with one attached hydrogen (secondary N) is 1. The largest absolute Gasteiger partial charge is 0.343 e. The molecule has 1 saturated heterocycles. The molecule has 3 aromatic rings. The van der Waals surface area contributed by atoms with Gasteiger partial charge in [-0.05, 0) is 51.3 Å². The highest BCUT2D eigenvalue weighted by molar-refractivity contribution is 5.94. The highest BCUT2D eigenvalue weighted by atomic mass is 16.2. The van der Waals surface area contributed by atoms with Gasteiger partial charge in [-0.25, -0.2) is 15.0 Å². The summed E-state index contributed by atoms with van der Waals surface area (Å²) >= 11 is 0. The van der Waals surface area contributed by atoms with Crippen LogP contribution in [0.5, 0.6) is 0 Å². The van der Waals surface area contributed by atoms with Gasteiger partial charge in [0.25, 0.3) is 5.91 Å². The number of hydrogen-bond donors (Lipinski definition) is 1. The second kappa shape index (κ2) is 7.26. The van der Waals surface area contributed by atoms with Crippen molar-refractivity contribution < 1.29 is 4.79 Å². The second-order valence-corrected chi connectivity index (χ2v) is 6.89. The minimum Gasteiger partial charge on any atom is -0.343 e. The first-order valence-corrected chi connectivity index (χ1v) is 9.21. The zero-order valence-corrected chi connectivity index (χ0v) is 15.5. The van der Waals surface area contributed by atoms with Crippen LogP contribution in [0.1, 0.15) is 52.9 Å². The number of nitrogens with zero attached hydrogens (tertiary/aromatic N) is 5. The molecule has 1 atom stereocenters. The first-order valence-electron chi connectivity index (χ1n) is 9.21. The standard InChI is InChI=1S/C20H22N6O/c1-13-6-7-15(12-23-13)20(27)26-10-4-3-5-17(26)19-24-14(2)11-16(25-19)18-21-8-9-22-18/h6-9,11-12,17H,3-5,10H2,1-2H3,(H,21,22)/t17-/m0/s1. The van der Waals surface area contributed by atoms with Crippen molar-refractivity contribution in [3.05, 3.63) is 59.6 Å². The molecule has 3 aromatic heterocycles. The van der Waals surface area contributed by atoms with Crippen molar-refractivity contribution in [1.82, 2.24) is 29.8 Å². The molecule has 1 amide bonds. The Morgan fingerprint density at radius 2 is 2.04 bits per heavy atom. The minimum atomic E-state index is -0.138. The van der Waals surface area contributed by atoms with Crippen molar-refractivity contribution in [1.29, 1.82) is 0 Å². The van der Waals surface area contributed by atoms with Crippen LogP contribution in [0, 0.1) is 13.8 Å². The van der Waals surface area contributed by atoms with Crippen molar-refractivity contribution >= 4 is 5.91 Å². The van der Waals surface area contributed by atoms with E-state index < -0.39 is 0 Å². The number of imidazole rings is 1. The predicted molar refractivity (Wildman–Crippen MR) is 101 cm³/mol. The summed E-state index contributed by atoms with van der Waals surface area (Å²) in [4.78, 5) is 36.0. The first kappa shape index (κ1) is 17.3. The quantitative estimate of drug-likeness (QED) is 0.773. The summed E-state index contributed by atoms with van der Waals surface area (Å²) in [5.74, 6) is 1.37. The molecule has 0 radical (unpaired) electrons. The van der Waals surface area contributed by atoms with Crippen molar-refractivity contribution in [2.75, 3.05) is 6.54 Å². The lowest BCUT2D eigenvalue weighted by atomic mass is 10.00. The number of carbonyl (C=O) groups is 1. The Morgan fingerprint density at radius 3 is 2.78 bits per heavy atom. The van der Waals surface area contributed by atoms with Gasteiger partial charge >= 0.3 is 0 Å². The Morgan fingerprint density at radius 1 is 1.15 bits per heavy atom. The van der Waals surface area contributed by atoms with Crippen LogP contribution >= 0.6 is 0 Å². The van der Waals surface area contributed by atoms with E-state index >= 15 is 0 Å². The Labute approximate surface area is 157 Å². The second-order valence-electron chi connectivity index (χ2n) is 6.89. The maximum atomic E-state index is 13.1. The number of rotatable bonds is 3. The van der Waals surface area contributed by atoms with Crippen LogP contribution in [0.4, 0.5) is 0 Å². The maximum absolute atomic E-state index is 13.1. The van der Waals surface area contributed by atoms with Crippen LogP contribution in [0.25, 0.3) is 11.5 Å². The normalized spacial score (nSPS) is 17.1. The Kier molecular flexibility index (Phi) is 4.66. The summed E-state index contributed by atoms with van der Waals surface area (Å²) in [6.45, 7) is 4.55. The van der Waals surface area contributed by atoms with E-state index in [0.29, 0.717) is 23.8 Å². The van der Waals surface area contributed by atoms with Gasteiger partial charge in [0.1, 0.15) is 5.69 Å². The molecule has 1 N–H and O–H groups in total. The van der Waals surface area contributed by atoms with Crippen LogP contribution in [0.3, 0.4) is 0 Å². The maximum Gasteiger partial charge on any atom is 0.256 e. The summed E-state index contributed by atoms with van der Waals surface area (Å²) < 4.78 is 0. The van der Waals surface area contributed by atoms with Gasteiger partial charge in [0.05, 0.1) is 11.6 Å². The Hall–Kier alpha value is -3.09. The number of aromatic nitrogens is 5. The van der Waals surface area contributed by atoms with E-state index in [-0.39, 0.29) is 11.9 Å². The molecule has 7 nitrogen and oxygen atoms in total. The van der Waals surface area contributed by atoms with Crippen LogP contribution in [0.2, 0.25) is 0 Å². The Bertz CT molecular complexity index is 936. The third-order valence-electron chi connectivity index (χ3n) is 4.83. The zero-order valence-electron chi connectivity index (χ0n) is 15.5. The average Bonchev–Trinajstić information content (AvgIpc) is 3.22. The molecule has 1 aliphatic heterocycles. The molecule has 0 aromatic carbocycles. The third kappa shape index (κ3) is 3.58. The number of carbonyl (C=O) groups excluding carboxylic acids is 1. The SMILES string of the molecule is Cc1ccc(C(=O)N2CCCC[C@H]2c2nc(C)cc(-c3ncc[nH]3)n2)cn1. The van der Waals surface area contributed by atoms with E-state index in [0.717, 1.165) is 36.3 Å². The molecule has 0 saturated carbocycles. The number of H-pyrrole nitrogens is 1. The highest BCUT2D eigenvalue weighted by Gasteiger charge is 2.31. The molecule has 0 unspecified atom stereocenters. The molecule has 138 valence electrons. The van der Waals surface area contributed by atoms with E-state index in [1.54, 1.807) is 18.6 Å². The molecular formula is C20H22N6O. The smallest absolute Gasteiger partial charge is 0.256 e. The van der Waals surface area contributed by atoms with Crippen LogP contribution in [-0.2, 0) is 0 Å². The fraction of sp³-hybridized carbons (Fsp3) is 0.350. The lowest BCUT2D eigenvalue weighted by Crippen LogP contribution is -2.39. The third-order valence-corrected chi connectivity index (χ3v) is 4.83. The molecule has 27 heavy (non-hydrogen) atoms. The number of likely N-dealkylation sites (tertiary alicyclic amines) is 1. The van der Waals surface area contributed by atoms with Gasteiger partial charge in [-0.1, -0.05) is 0 Å². The number of hydrogen-bond acceptors (Lipinski definition) is 5. The van der Waals surface area contributed by atoms with E-state index in [2.05, 4.69) is 19.9 Å². The Balaban J connectivity index is 1.68. The van der Waals surface area contributed by atoms with Crippen LogP contribution in [0.15, 0.2) is 36.8 Å². The van der Waals surface area contributed by atoms with Crippen molar-refractivity contribution in [2.45, 2.75) is 39.2 Å². The zero-order chi connectivity index (χ0) is 18.8. The van der Waals surface area contributed by atoms with Gasteiger partial charge in [-0.15, -0.1) is 0 Å². The molecule has 0 spiro atoms. The fourth-order valence-corrected chi connectivity index (χ4v) is 3.47. The monoisotopic (exact) mass is 362 g/mol. The van der Waals surface area contributed by atoms with Crippen molar-refractivity contribution in [3.8, 4) is 11.5 Å². The molecule has 4 rings (SSSR count). The summed E-state index contributed by atoms with van der Waals surface area (Å²) in [6, 6.07) is 5.47. The number of aromatic amines is 1. The lowest BCUT2D eigenvalue weighted by Gasteiger charge is -2.35. The van der Waals surface area contributed by atoms with Gasteiger partial charge in [0, 0.05) is 36.5 Å². The lowest BCUT2D eigenvalue weighted by molar-refractivity contribution is 0.0599. The molecule has 0 aliphatic carbocycles. The van der Waals surface area contributed by atoms with Gasteiger partial charge < -0.3 is 9.88 Å². The van der Waals surface area contributed by atoms with E-state index in [9.17, 15) is 4.79 Å². The van der Waals surface area contributed by atoms with Gasteiger partial charge in [0.2, 0.25) is 0 Å². The molecule has 7 heteroatoms. The van der Waals surface area contributed by atoms with E-state index in [4.69, 9.17) is 4.98 Å². The predicted octanol–water partition coefficient (Wildman–Crippen LogP) is 3.25. The summed E-state index contributed by atoms with van der Waals surface area (Å²) in [5, 5.41) is 0. The van der Waals surface area contributed by atoms with Gasteiger partial charge in [-0.3, -0.25) is 9.78 Å². The van der Waals surface area contributed by atoms with Gasteiger partial charge in [-0.2, -0.15) is 0 Å². The number of aryl methyl sites for hydroxylation is 2. The average molecular weight is 362 g/mol. The van der Waals surface area contributed by atoms with E-state index in [1.807, 2.05) is 36.9 Å².